The minimum absolute atomic E-state index is 0.0365. The molecule has 2 aliphatic heterocycles. The van der Waals surface area contributed by atoms with E-state index in [4.69, 9.17) is 4.74 Å². The van der Waals surface area contributed by atoms with Gasteiger partial charge in [0.2, 0.25) is 5.91 Å². The Morgan fingerprint density at radius 1 is 0.964 bits per heavy atom. The van der Waals surface area contributed by atoms with Gasteiger partial charge in [-0.3, -0.25) is 14.6 Å². The van der Waals surface area contributed by atoms with Crippen LogP contribution < -0.4 is 0 Å². The molecule has 9 heteroatoms. The summed E-state index contributed by atoms with van der Waals surface area (Å²) in [7, 11) is -3.39. The molecule has 1 aromatic carbocycles. The highest BCUT2D eigenvalue weighted by Gasteiger charge is 2.24. The van der Waals surface area contributed by atoms with Crippen LogP contribution in [0.5, 0.6) is 0 Å². The topological polar surface area (TPSA) is 70.2 Å². The van der Waals surface area contributed by atoms with Crippen molar-refractivity contribution in [2.24, 2.45) is 0 Å². The predicted octanol–water partition coefficient (Wildman–Crippen LogP) is 0.466. The van der Waals surface area contributed by atoms with Crippen molar-refractivity contribution in [3.05, 3.63) is 30.1 Å². The summed E-state index contributed by atoms with van der Waals surface area (Å²) in [6, 6.07) is 4.95. The normalized spacial score (nSPS) is 19.7. The van der Waals surface area contributed by atoms with E-state index in [1.165, 1.54) is 24.3 Å². The number of carbonyl (C=O) groups is 1. The molecule has 0 bridgehead atoms. The fraction of sp³-hybridized carbons (Fsp3) is 0.632. The van der Waals surface area contributed by atoms with Crippen LogP contribution in [0.25, 0.3) is 0 Å². The predicted molar refractivity (Wildman–Crippen MR) is 103 cm³/mol. The van der Waals surface area contributed by atoms with E-state index >= 15 is 0 Å². The first-order chi connectivity index (χ1) is 13.4. The number of piperazine rings is 1. The number of carbonyl (C=O) groups excluding carboxylic acids is 1. The molecule has 0 atom stereocenters. The number of morpholine rings is 1. The van der Waals surface area contributed by atoms with Crippen LogP contribution in [0, 0.1) is 5.82 Å². The molecule has 0 saturated carbocycles. The summed E-state index contributed by atoms with van der Waals surface area (Å²) in [5, 5.41) is 0. The molecule has 1 amide bonds. The molecule has 0 aromatic heterocycles. The molecular weight excluding hydrogens is 385 g/mol. The molecule has 28 heavy (non-hydrogen) atoms. The van der Waals surface area contributed by atoms with E-state index in [1.54, 1.807) is 0 Å². The fourth-order valence-electron chi connectivity index (χ4n) is 3.51. The summed E-state index contributed by atoms with van der Waals surface area (Å²) in [6.45, 7) is 6.94. The molecule has 1 aromatic rings. The second kappa shape index (κ2) is 9.78. The lowest BCUT2D eigenvalue weighted by molar-refractivity contribution is -0.135. The second-order valence-electron chi connectivity index (χ2n) is 7.24. The number of rotatable bonds is 7. The Morgan fingerprint density at radius 3 is 2.25 bits per heavy atom. The molecule has 2 aliphatic rings. The van der Waals surface area contributed by atoms with Gasteiger partial charge in [-0.15, -0.1) is 0 Å². The van der Waals surface area contributed by atoms with Gasteiger partial charge in [-0.1, -0.05) is 0 Å². The molecule has 2 fully saturated rings. The van der Waals surface area contributed by atoms with Crippen LogP contribution in [0.3, 0.4) is 0 Å². The highest BCUT2D eigenvalue weighted by Crippen LogP contribution is 2.13. The Kier molecular flexibility index (Phi) is 7.39. The molecule has 0 radical (unpaired) electrons. The Labute approximate surface area is 166 Å². The summed E-state index contributed by atoms with van der Waals surface area (Å²) < 4.78 is 42.9. The molecule has 0 unspecified atom stereocenters. The first-order valence-electron chi connectivity index (χ1n) is 9.72. The summed E-state index contributed by atoms with van der Waals surface area (Å²) in [5.74, 6) is -0.255. The number of nitrogens with zero attached hydrogens (tertiary/aromatic N) is 3. The summed E-state index contributed by atoms with van der Waals surface area (Å²) in [4.78, 5) is 18.8. The van der Waals surface area contributed by atoms with Gasteiger partial charge in [0.05, 0.1) is 30.4 Å². The maximum atomic E-state index is 13.0. The standard InChI is InChI=1S/C19H28FN3O4S/c20-17-2-4-18(5-3-17)28(25,26)15-1-6-21-7-9-23(10-8-21)19(24)16-22-11-13-27-14-12-22/h2-5H,1,6-16H2. The molecule has 2 heterocycles. The molecule has 156 valence electrons. The summed E-state index contributed by atoms with van der Waals surface area (Å²) in [5.41, 5.74) is 0. The van der Waals surface area contributed by atoms with E-state index in [0.717, 1.165) is 26.2 Å². The first-order valence-corrected chi connectivity index (χ1v) is 11.4. The number of amides is 1. The van der Waals surface area contributed by atoms with E-state index in [0.29, 0.717) is 45.8 Å². The van der Waals surface area contributed by atoms with Crippen molar-refractivity contribution in [1.29, 1.82) is 0 Å². The van der Waals surface area contributed by atoms with Gasteiger partial charge in [-0.25, -0.2) is 12.8 Å². The first kappa shape index (κ1) is 21.2. The van der Waals surface area contributed by atoms with Gasteiger partial charge < -0.3 is 9.64 Å². The van der Waals surface area contributed by atoms with Crippen molar-refractivity contribution in [2.45, 2.75) is 11.3 Å². The number of benzene rings is 1. The van der Waals surface area contributed by atoms with Crippen LogP contribution in [0.2, 0.25) is 0 Å². The van der Waals surface area contributed by atoms with Gasteiger partial charge in [0.1, 0.15) is 5.82 Å². The Bertz CT molecular complexity index is 743. The third-order valence-corrected chi connectivity index (χ3v) is 7.06. The zero-order valence-electron chi connectivity index (χ0n) is 16.1. The van der Waals surface area contributed by atoms with Crippen molar-refractivity contribution < 1.29 is 22.3 Å². The van der Waals surface area contributed by atoms with Gasteiger partial charge in [0, 0.05) is 39.3 Å². The maximum absolute atomic E-state index is 13.0. The molecule has 0 N–H and O–H groups in total. The number of sulfone groups is 1. The quantitative estimate of drug-likeness (QED) is 0.605. The Hall–Kier alpha value is -1.55. The van der Waals surface area contributed by atoms with Crippen molar-refractivity contribution >= 4 is 15.7 Å². The van der Waals surface area contributed by atoms with Gasteiger partial charge in [0.25, 0.3) is 0 Å². The largest absolute Gasteiger partial charge is 0.379 e. The zero-order valence-corrected chi connectivity index (χ0v) is 16.9. The highest BCUT2D eigenvalue weighted by atomic mass is 32.2. The van der Waals surface area contributed by atoms with E-state index in [1.807, 2.05) is 4.90 Å². The van der Waals surface area contributed by atoms with Crippen LogP contribution in [0.1, 0.15) is 6.42 Å². The minimum Gasteiger partial charge on any atom is -0.379 e. The van der Waals surface area contributed by atoms with Gasteiger partial charge in [-0.05, 0) is 37.2 Å². The lowest BCUT2D eigenvalue weighted by atomic mass is 10.3. The number of hydrogen-bond donors (Lipinski definition) is 0. The third kappa shape index (κ3) is 5.97. The van der Waals surface area contributed by atoms with Gasteiger partial charge in [0.15, 0.2) is 9.84 Å². The van der Waals surface area contributed by atoms with Crippen molar-refractivity contribution in [3.63, 3.8) is 0 Å². The molecular formula is C19H28FN3O4S. The lowest BCUT2D eigenvalue weighted by Gasteiger charge is -2.36. The summed E-state index contributed by atoms with van der Waals surface area (Å²) in [6.07, 6.45) is 0.515. The molecule has 2 saturated heterocycles. The fourth-order valence-corrected chi connectivity index (χ4v) is 4.81. The Balaban J connectivity index is 1.37. The third-order valence-electron chi connectivity index (χ3n) is 5.25. The second-order valence-corrected chi connectivity index (χ2v) is 9.35. The smallest absolute Gasteiger partial charge is 0.236 e. The molecule has 3 rings (SSSR count). The zero-order chi connectivity index (χ0) is 20.0. The monoisotopic (exact) mass is 413 g/mol. The minimum atomic E-state index is -3.39. The maximum Gasteiger partial charge on any atom is 0.236 e. The Morgan fingerprint density at radius 2 is 1.61 bits per heavy atom. The van der Waals surface area contributed by atoms with E-state index in [2.05, 4.69) is 9.80 Å². The SMILES string of the molecule is O=C(CN1CCOCC1)N1CCN(CCCS(=O)(=O)c2ccc(F)cc2)CC1. The van der Waals surface area contributed by atoms with Crippen LogP contribution in [-0.4, -0.2) is 100 Å². The van der Waals surface area contributed by atoms with Gasteiger partial charge >= 0.3 is 0 Å². The van der Waals surface area contributed by atoms with E-state index < -0.39 is 15.7 Å². The van der Waals surface area contributed by atoms with Crippen molar-refractivity contribution in [2.75, 3.05) is 71.3 Å². The number of hydrogen-bond acceptors (Lipinski definition) is 6. The average Bonchev–Trinajstić information content (AvgIpc) is 2.69. The van der Waals surface area contributed by atoms with Crippen LogP contribution >= 0.6 is 0 Å². The lowest BCUT2D eigenvalue weighted by Crippen LogP contribution is -2.52. The molecule has 0 spiro atoms. The average molecular weight is 414 g/mol. The number of ether oxygens (including phenoxy) is 1. The van der Waals surface area contributed by atoms with Crippen LogP contribution in [-0.2, 0) is 19.4 Å². The van der Waals surface area contributed by atoms with Crippen molar-refractivity contribution in [1.82, 2.24) is 14.7 Å². The van der Waals surface area contributed by atoms with Crippen molar-refractivity contribution in [3.8, 4) is 0 Å². The van der Waals surface area contributed by atoms with Crippen LogP contribution in [0.4, 0.5) is 4.39 Å². The van der Waals surface area contributed by atoms with Gasteiger partial charge in [-0.2, -0.15) is 0 Å². The molecule has 7 nitrogen and oxygen atoms in total. The number of halogens is 1. The van der Waals surface area contributed by atoms with E-state index in [-0.39, 0.29) is 16.6 Å². The molecule has 0 aliphatic carbocycles. The van der Waals surface area contributed by atoms with E-state index in [9.17, 15) is 17.6 Å². The highest BCUT2D eigenvalue weighted by molar-refractivity contribution is 7.91. The van der Waals surface area contributed by atoms with Crippen LogP contribution in [0.15, 0.2) is 29.2 Å². The summed E-state index contributed by atoms with van der Waals surface area (Å²) >= 11 is 0.